The monoisotopic (exact) mass is 298 g/mol. The third kappa shape index (κ3) is 6.04. The fourth-order valence-corrected chi connectivity index (χ4v) is 2.86. The van der Waals surface area contributed by atoms with Crippen molar-refractivity contribution in [3.63, 3.8) is 0 Å². The lowest BCUT2D eigenvalue weighted by Gasteiger charge is -2.33. The molecule has 1 saturated heterocycles. The third-order valence-corrected chi connectivity index (χ3v) is 3.87. The molecular formula is C16H30N2O3. The zero-order valence-corrected chi connectivity index (χ0v) is 13.8. The average molecular weight is 298 g/mol. The van der Waals surface area contributed by atoms with E-state index < -0.39 is 0 Å². The van der Waals surface area contributed by atoms with Gasteiger partial charge in [-0.3, -0.25) is 9.59 Å². The maximum atomic E-state index is 12.3. The first-order chi connectivity index (χ1) is 9.76. The number of nitrogens with one attached hydrogen (secondary N) is 1. The van der Waals surface area contributed by atoms with Gasteiger partial charge < -0.3 is 15.3 Å². The molecule has 0 aliphatic carbocycles. The molecule has 1 rings (SSSR count). The Balaban J connectivity index is 2.55. The summed E-state index contributed by atoms with van der Waals surface area (Å²) in [5, 5.41) is 12.4. The minimum Gasteiger partial charge on any atom is -0.394 e. The topological polar surface area (TPSA) is 69.6 Å². The Morgan fingerprint density at radius 3 is 2.57 bits per heavy atom. The second-order valence-corrected chi connectivity index (χ2v) is 7.19. The summed E-state index contributed by atoms with van der Waals surface area (Å²) in [6, 6.07) is -0.213. The van der Waals surface area contributed by atoms with Gasteiger partial charge in [0.05, 0.1) is 18.6 Å². The van der Waals surface area contributed by atoms with Gasteiger partial charge in [-0.25, -0.2) is 0 Å². The van der Waals surface area contributed by atoms with Crippen LogP contribution in [0.2, 0.25) is 0 Å². The van der Waals surface area contributed by atoms with Gasteiger partial charge in [0.1, 0.15) is 0 Å². The highest BCUT2D eigenvalue weighted by Crippen LogP contribution is 2.22. The largest absolute Gasteiger partial charge is 0.394 e. The number of hydrogen-bond donors (Lipinski definition) is 2. The average Bonchev–Trinajstić information content (AvgIpc) is 2.44. The van der Waals surface area contributed by atoms with Gasteiger partial charge in [0.2, 0.25) is 11.8 Å². The van der Waals surface area contributed by atoms with E-state index >= 15 is 0 Å². The van der Waals surface area contributed by atoms with Gasteiger partial charge in [-0.05, 0) is 24.7 Å². The molecule has 0 radical (unpaired) electrons. The normalized spacial score (nSPS) is 21.0. The Kier molecular flexibility index (Phi) is 6.65. The van der Waals surface area contributed by atoms with Crippen LogP contribution in [0.4, 0.5) is 0 Å². The predicted molar refractivity (Wildman–Crippen MR) is 82.7 cm³/mol. The molecular weight excluding hydrogens is 268 g/mol. The molecule has 2 amide bonds. The number of aliphatic hydroxyl groups is 1. The predicted octanol–water partition coefficient (Wildman–Crippen LogP) is 1.55. The van der Waals surface area contributed by atoms with Crippen LogP contribution in [0.3, 0.4) is 0 Å². The number of piperidine rings is 1. The van der Waals surface area contributed by atoms with Crippen molar-refractivity contribution in [3.05, 3.63) is 0 Å². The van der Waals surface area contributed by atoms with Crippen LogP contribution in [0.15, 0.2) is 0 Å². The van der Waals surface area contributed by atoms with E-state index in [4.69, 9.17) is 0 Å². The van der Waals surface area contributed by atoms with E-state index in [9.17, 15) is 14.7 Å². The van der Waals surface area contributed by atoms with Crippen molar-refractivity contribution in [2.45, 2.75) is 59.4 Å². The summed E-state index contributed by atoms with van der Waals surface area (Å²) in [6.07, 6.45) is 2.90. The van der Waals surface area contributed by atoms with Crippen LogP contribution < -0.4 is 5.32 Å². The van der Waals surface area contributed by atoms with Crippen LogP contribution in [0.5, 0.6) is 0 Å². The molecule has 2 N–H and O–H groups in total. The number of hydrogen-bond acceptors (Lipinski definition) is 3. The van der Waals surface area contributed by atoms with Gasteiger partial charge >= 0.3 is 0 Å². The number of amides is 2. The van der Waals surface area contributed by atoms with Crippen LogP contribution in [-0.2, 0) is 9.59 Å². The van der Waals surface area contributed by atoms with Crippen molar-refractivity contribution >= 4 is 11.8 Å². The lowest BCUT2D eigenvalue weighted by atomic mass is 9.88. The van der Waals surface area contributed by atoms with Crippen molar-refractivity contribution in [2.24, 2.45) is 11.3 Å². The molecule has 1 aliphatic heterocycles. The Morgan fingerprint density at radius 1 is 1.38 bits per heavy atom. The first-order valence-electron chi connectivity index (χ1n) is 7.96. The van der Waals surface area contributed by atoms with Gasteiger partial charge in [-0.2, -0.15) is 0 Å². The molecule has 0 bridgehead atoms. The molecule has 2 unspecified atom stereocenters. The first-order valence-corrected chi connectivity index (χ1v) is 7.96. The molecule has 0 spiro atoms. The maximum Gasteiger partial charge on any atom is 0.225 e. The number of carbonyl (C=O) groups is 2. The molecule has 21 heavy (non-hydrogen) atoms. The van der Waals surface area contributed by atoms with Gasteiger partial charge in [0.15, 0.2) is 0 Å². The zero-order chi connectivity index (χ0) is 16.0. The first kappa shape index (κ1) is 18.0. The van der Waals surface area contributed by atoms with E-state index in [-0.39, 0.29) is 35.8 Å². The number of nitrogens with zero attached hydrogens (tertiary/aromatic N) is 1. The highest BCUT2D eigenvalue weighted by Gasteiger charge is 2.29. The smallest absolute Gasteiger partial charge is 0.225 e. The summed E-state index contributed by atoms with van der Waals surface area (Å²) < 4.78 is 0. The molecule has 0 aromatic carbocycles. The SMILES string of the molecule is CCC(=O)N1CCCC(C(=O)NC(CO)CC(C)(C)C)C1. The number of carbonyl (C=O) groups excluding carboxylic acids is 2. The minimum atomic E-state index is -0.213. The fourth-order valence-electron chi connectivity index (χ4n) is 2.86. The molecule has 122 valence electrons. The second kappa shape index (κ2) is 7.78. The highest BCUT2D eigenvalue weighted by molar-refractivity contribution is 5.81. The van der Waals surface area contributed by atoms with Gasteiger partial charge in [-0.15, -0.1) is 0 Å². The number of aliphatic hydroxyl groups excluding tert-OH is 1. The number of likely N-dealkylation sites (tertiary alicyclic amines) is 1. The lowest BCUT2D eigenvalue weighted by Crippen LogP contribution is -2.48. The molecule has 1 fully saturated rings. The van der Waals surface area contributed by atoms with Crippen molar-refractivity contribution in [2.75, 3.05) is 19.7 Å². The molecule has 2 atom stereocenters. The lowest BCUT2D eigenvalue weighted by molar-refractivity contribution is -0.135. The molecule has 5 heteroatoms. The Hall–Kier alpha value is -1.10. The van der Waals surface area contributed by atoms with Crippen molar-refractivity contribution in [1.29, 1.82) is 0 Å². The Morgan fingerprint density at radius 2 is 2.05 bits per heavy atom. The molecule has 1 aliphatic rings. The summed E-state index contributed by atoms with van der Waals surface area (Å²) in [4.78, 5) is 25.9. The van der Waals surface area contributed by atoms with Crippen LogP contribution in [0.1, 0.15) is 53.4 Å². The molecule has 0 saturated carbocycles. The fraction of sp³-hybridized carbons (Fsp3) is 0.875. The van der Waals surface area contributed by atoms with Crippen LogP contribution in [-0.4, -0.2) is 47.6 Å². The summed E-state index contributed by atoms with van der Waals surface area (Å²) >= 11 is 0. The molecule has 5 nitrogen and oxygen atoms in total. The Labute approximate surface area is 128 Å². The van der Waals surface area contributed by atoms with Crippen molar-refractivity contribution < 1.29 is 14.7 Å². The van der Waals surface area contributed by atoms with E-state index in [0.717, 1.165) is 25.8 Å². The maximum absolute atomic E-state index is 12.3. The van der Waals surface area contributed by atoms with E-state index in [1.165, 1.54) is 0 Å². The molecule has 1 heterocycles. The standard InChI is InChI=1S/C16H30N2O3/c1-5-14(20)18-8-6-7-12(10-18)15(21)17-13(11-19)9-16(2,3)4/h12-13,19H,5-11H2,1-4H3,(H,17,21). The summed E-state index contributed by atoms with van der Waals surface area (Å²) in [6.45, 7) is 9.32. The van der Waals surface area contributed by atoms with Gasteiger partial charge in [0, 0.05) is 19.5 Å². The van der Waals surface area contributed by atoms with Crippen molar-refractivity contribution in [1.82, 2.24) is 10.2 Å². The van der Waals surface area contributed by atoms with Gasteiger partial charge in [-0.1, -0.05) is 27.7 Å². The Bertz CT molecular complexity index is 363. The van der Waals surface area contributed by atoms with Crippen LogP contribution in [0, 0.1) is 11.3 Å². The molecule has 0 aromatic heterocycles. The van der Waals surface area contributed by atoms with Crippen molar-refractivity contribution in [3.8, 4) is 0 Å². The van der Waals surface area contributed by atoms with Gasteiger partial charge in [0.25, 0.3) is 0 Å². The summed E-state index contributed by atoms with van der Waals surface area (Å²) in [5.41, 5.74) is 0.0530. The highest BCUT2D eigenvalue weighted by atomic mass is 16.3. The van der Waals surface area contributed by atoms with Crippen LogP contribution in [0.25, 0.3) is 0 Å². The quantitative estimate of drug-likeness (QED) is 0.809. The van der Waals surface area contributed by atoms with E-state index in [2.05, 4.69) is 26.1 Å². The third-order valence-electron chi connectivity index (χ3n) is 3.87. The zero-order valence-electron chi connectivity index (χ0n) is 13.8. The minimum absolute atomic E-state index is 0.0353. The molecule has 0 aromatic rings. The van der Waals surface area contributed by atoms with E-state index in [0.29, 0.717) is 13.0 Å². The summed E-state index contributed by atoms with van der Waals surface area (Å²) in [7, 11) is 0. The number of rotatable bonds is 5. The van der Waals surface area contributed by atoms with E-state index in [1.807, 2.05) is 6.92 Å². The van der Waals surface area contributed by atoms with E-state index in [1.54, 1.807) is 4.90 Å². The van der Waals surface area contributed by atoms with Crippen LogP contribution >= 0.6 is 0 Å². The second-order valence-electron chi connectivity index (χ2n) is 7.19. The summed E-state index contributed by atoms with van der Waals surface area (Å²) in [5.74, 6) is -0.0731.